The van der Waals surface area contributed by atoms with Crippen LogP contribution in [0.1, 0.15) is 17.3 Å². The molecule has 1 unspecified atom stereocenters. The number of carbonyl (C=O) groups excluding carboxylic acids is 1. The topological polar surface area (TPSA) is 51.2 Å². The van der Waals surface area contributed by atoms with Gasteiger partial charge in [0.15, 0.2) is 6.61 Å². The molecule has 26 heavy (non-hydrogen) atoms. The van der Waals surface area contributed by atoms with Gasteiger partial charge in [-0.15, -0.1) is 0 Å². The fraction of sp³-hybridized carbons (Fsp3) is 0.100. The first-order valence-corrected chi connectivity index (χ1v) is 9.13. The first-order chi connectivity index (χ1) is 12.6. The van der Waals surface area contributed by atoms with Crippen molar-refractivity contribution in [2.45, 2.75) is 6.04 Å². The largest absolute Gasteiger partial charge is 0.482 e. The number of ether oxygens (including phenoxy) is 1. The van der Waals surface area contributed by atoms with Crippen LogP contribution in [0.3, 0.4) is 0 Å². The van der Waals surface area contributed by atoms with E-state index < -0.39 is 0 Å². The third-order valence-corrected chi connectivity index (χ3v) is 4.46. The normalized spacial score (nSPS) is 11.6. The molecule has 1 aromatic heterocycles. The highest BCUT2D eigenvalue weighted by molar-refractivity contribution is 9.10. The standard InChI is InChI=1S/C20H16BrClN2O2/c21-15-9-10-18(16(22)12-15)26-13-19(25)24-20(14-6-2-1-3-7-14)17-8-4-5-11-23-17/h1-12,20H,13H2,(H,24,25). The molecular weight excluding hydrogens is 416 g/mol. The van der Waals surface area contributed by atoms with Crippen molar-refractivity contribution in [2.75, 3.05) is 6.61 Å². The van der Waals surface area contributed by atoms with Crippen LogP contribution in [0.15, 0.2) is 77.4 Å². The van der Waals surface area contributed by atoms with Crippen LogP contribution in [0.25, 0.3) is 0 Å². The predicted molar refractivity (Wildman–Crippen MR) is 105 cm³/mol. The van der Waals surface area contributed by atoms with Crippen LogP contribution in [-0.4, -0.2) is 17.5 Å². The Kier molecular flexibility index (Phi) is 6.26. The molecule has 1 amide bonds. The second-order valence-electron chi connectivity index (χ2n) is 5.53. The molecule has 0 aliphatic rings. The van der Waals surface area contributed by atoms with Gasteiger partial charge in [0.05, 0.1) is 16.8 Å². The number of halogens is 2. The fourth-order valence-electron chi connectivity index (χ4n) is 2.46. The molecule has 0 aliphatic heterocycles. The monoisotopic (exact) mass is 430 g/mol. The molecule has 132 valence electrons. The number of amides is 1. The van der Waals surface area contributed by atoms with E-state index in [0.717, 1.165) is 15.7 Å². The van der Waals surface area contributed by atoms with Gasteiger partial charge in [0.25, 0.3) is 5.91 Å². The maximum atomic E-state index is 12.4. The Balaban J connectivity index is 1.71. The van der Waals surface area contributed by atoms with Gasteiger partial charge in [-0.2, -0.15) is 0 Å². The Bertz CT molecular complexity index is 836. The van der Waals surface area contributed by atoms with E-state index >= 15 is 0 Å². The van der Waals surface area contributed by atoms with Gasteiger partial charge in [-0.3, -0.25) is 9.78 Å². The van der Waals surface area contributed by atoms with E-state index in [0.29, 0.717) is 10.8 Å². The Hall–Kier alpha value is -2.37. The number of pyridine rings is 1. The summed E-state index contributed by atoms with van der Waals surface area (Å²) < 4.78 is 6.39. The van der Waals surface area contributed by atoms with Crippen LogP contribution in [0.4, 0.5) is 0 Å². The summed E-state index contributed by atoms with van der Waals surface area (Å²) in [6, 6.07) is 20.2. The van der Waals surface area contributed by atoms with E-state index in [-0.39, 0.29) is 18.6 Å². The van der Waals surface area contributed by atoms with Crippen molar-refractivity contribution in [3.63, 3.8) is 0 Å². The minimum Gasteiger partial charge on any atom is -0.482 e. The lowest BCUT2D eigenvalue weighted by Gasteiger charge is -2.19. The van der Waals surface area contributed by atoms with Gasteiger partial charge >= 0.3 is 0 Å². The lowest BCUT2D eigenvalue weighted by Crippen LogP contribution is -2.33. The summed E-state index contributed by atoms with van der Waals surface area (Å²) >= 11 is 9.45. The molecule has 2 aromatic carbocycles. The zero-order chi connectivity index (χ0) is 18.4. The summed E-state index contributed by atoms with van der Waals surface area (Å²) in [4.78, 5) is 16.8. The number of benzene rings is 2. The Morgan fingerprint density at radius 2 is 1.88 bits per heavy atom. The molecule has 1 heterocycles. The molecule has 4 nitrogen and oxygen atoms in total. The van der Waals surface area contributed by atoms with Gasteiger partial charge < -0.3 is 10.1 Å². The van der Waals surface area contributed by atoms with Crippen molar-refractivity contribution in [3.05, 3.63) is 93.7 Å². The number of nitrogens with zero attached hydrogens (tertiary/aromatic N) is 1. The highest BCUT2D eigenvalue weighted by Gasteiger charge is 2.18. The highest BCUT2D eigenvalue weighted by Crippen LogP contribution is 2.27. The number of hydrogen-bond donors (Lipinski definition) is 1. The molecule has 0 saturated heterocycles. The maximum absolute atomic E-state index is 12.4. The second kappa shape index (κ2) is 8.83. The van der Waals surface area contributed by atoms with Crippen LogP contribution in [0, 0.1) is 0 Å². The van der Waals surface area contributed by atoms with Crippen molar-refractivity contribution in [2.24, 2.45) is 0 Å². The van der Waals surface area contributed by atoms with Crippen LogP contribution >= 0.6 is 27.5 Å². The third-order valence-electron chi connectivity index (χ3n) is 3.67. The van der Waals surface area contributed by atoms with Gasteiger partial charge in [0.1, 0.15) is 5.75 Å². The minimum atomic E-state index is -0.353. The lowest BCUT2D eigenvalue weighted by molar-refractivity contribution is -0.123. The summed E-state index contributed by atoms with van der Waals surface area (Å²) in [5, 5.41) is 3.41. The van der Waals surface area contributed by atoms with Crippen LogP contribution < -0.4 is 10.1 Å². The number of rotatable bonds is 6. The summed E-state index contributed by atoms with van der Waals surface area (Å²) in [7, 11) is 0. The van der Waals surface area contributed by atoms with Gasteiger partial charge in [-0.25, -0.2) is 0 Å². The SMILES string of the molecule is O=C(COc1ccc(Br)cc1Cl)NC(c1ccccc1)c1ccccn1. The zero-order valence-corrected chi connectivity index (χ0v) is 16.1. The van der Waals surface area contributed by atoms with Crippen molar-refractivity contribution in [1.82, 2.24) is 10.3 Å². The van der Waals surface area contributed by atoms with Gasteiger partial charge in [0, 0.05) is 10.7 Å². The lowest BCUT2D eigenvalue weighted by atomic mass is 10.0. The summed E-state index contributed by atoms with van der Waals surface area (Å²) in [6.45, 7) is -0.141. The van der Waals surface area contributed by atoms with E-state index in [2.05, 4.69) is 26.2 Å². The highest BCUT2D eigenvalue weighted by atomic mass is 79.9. The minimum absolute atomic E-state index is 0.141. The number of aromatic nitrogens is 1. The molecule has 6 heteroatoms. The summed E-state index contributed by atoms with van der Waals surface area (Å²) in [5.41, 5.74) is 1.70. The summed E-state index contributed by atoms with van der Waals surface area (Å²) in [6.07, 6.45) is 1.70. The Morgan fingerprint density at radius 1 is 1.12 bits per heavy atom. The van der Waals surface area contributed by atoms with Gasteiger partial charge in [-0.05, 0) is 35.9 Å². The second-order valence-corrected chi connectivity index (χ2v) is 6.85. The first-order valence-electron chi connectivity index (χ1n) is 7.96. The van der Waals surface area contributed by atoms with Gasteiger partial charge in [-0.1, -0.05) is 63.9 Å². The van der Waals surface area contributed by atoms with Crippen molar-refractivity contribution in [1.29, 1.82) is 0 Å². The maximum Gasteiger partial charge on any atom is 0.258 e. The average Bonchev–Trinajstić information content (AvgIpc) is 2.67. The molecule has 0 spiro atoms. The predicted octanol–water partition coefficient (Wildman–Crippen LogP) is 4.78. The molecule has 0 radical (unpaired) electrons. The van der Waals surface area contributed by atoms with E-state index in [1.807, 2.05) is 48.5 Å². The molecule has 0 fully saturated rings. The molecule has 0 aliphatic carbocycles. The van der Waals surface area contributed by atoms with Crippen molar-refractivity contribution in [3.8, 4) is 5.75 Å². The van der Waals surface area contributed by atoms with Gasteiger partial charge in [0.2, 0.25) is 0 Å². The molecule has 0 bridgehead atoms. The van der Waals surface area contributed by atoms with E-state index in [1.54, 1.807) is 24.4 Å². The Labute approximate surface area is 165 Å². The number of carbonyl (C=O) groups is 1. The summed E-state index contributed by atoms with van der Waals surface area (Å²) in [5.74, 6) is 0.197. The zero-order valence-electron chi connectivity index (χ0n) is 13.7. The van der Waals surface area contributed by atoms with E-state index in [4.69, 9.17) is 16.3 Å². The quantitative estimate of drug-likeness (QED) is 0.611. The first kappa shape index (κ1) is 18.4. The number of hydrogen-bond acceptors (Lipinski definition) is 3. The average molecular weight is 432 g/mol. The van der Waals surface area contributed by atoms with Crippen molar-refractivity contribution >= 4 is 33.4 Å². The van der Waals surface area contributed by atoms with Crippen molar-refractivity contribution < 1.29 is 9.53 Å². The smallest absolute Gasteiger partial charge is 0.258 e. The van der Waals surface area contributed by atoms with E-state index in [9.17, 15) is 4.79 Å². The Morgan fingerprint density at radius 3 is 2.58 bits per heavy atom. The number of nitrogens with one attached hydrogen (secondary N) is 1. The molecular formula is C20H16BrClN2O2. The van der Waals surface area contributed by atoms with Crippen LogP contribution in [0.5, 0.6) is 5.75 Å². The molecule has 1 N–H and O–H groups in total. The third kappa shape index (κ3) is 4.84. The van der Waals surface area contributed by atoms with Crippen LogP contribution in [-0.2, 0) is 4.79 Å². The van der Waals surface area contributed by atoms with E-state index in [1.165, 1.54) is 0 Å². The molecule has 3 rings (SSSR count). The van der Waals surface area contributed by atoms with Crippen LogP contribution in [0.2, 0.25) is 5.02 Å². The molecule has 1 atom stereocenters. The molecule has 0 saturated carbocycles. The molecule has 3 aromatic rings. The fourth-order valence-corrected chi connectivity index (χ4v) is 3.19.